The van der Waals surface area contributed by atoms with Crippen molar-refractivity contribution in [2.75, 3.05) is 0 Å². The molecule has 2 aromatic rings. The van der Waals surface area contributed by atoms with Gasteiger partial charge in [-0.05, 0) is 69.7 Å². The van der Waals surface area contributed by atoms with E-state index in [0.717, 1.165) is 23.4 Å². The minimum absolute atomic E-state index is 0.615. The van der Waals surface area contributed by atoms with E-state index < -0.39 is 6.10 Å². The van der Waals surface area contributed by atoms with Crippen molar-refractivity contribution in [1.29, 1.82) is 0 Å². The number of aliphatic hydroxyl groups excluding tert-OH is 1. The SMILES string of the molecule is Cc1sc(C(O)c2cc(Cl)ccc2I)cc1Br. The molecular formula is C12H9BrClIOS. The summed E-state index contributed by atoms with van der Waals surface area (Å²) < 4.78 is 2.05. The Balaban J connectivity index is 2.42. The Labute approximate surface area is 131 Å². The maximum absolute atomic E-state index is 10.4. The van der Waals surface area contributed by atoms with Gasteiger partial charge in [0.1, 0.15) is 6.10 Å². The third-order valence-electron chi connectivity index (χ3n) is 2.40. The molecule has 0 aliphatic heterocycles. The molecule has 0 amide bonds. The van der Waals surface area contributed by atoms with Crippen LogP contribution in [0.3, 0.4) is 0 Å². The summed E-state index contributed by atoms with van der Waals surface area (Å²) >= 11 is 13.2. The number of hydrogen-bond acceptors (Lipinski definition) is 2. The molecule has 0 spiro atoms. The van der Waals surface area contributed by atoms with Crippen LogP contribution in [0, 0.1) is 10.5 Å². The molecule has 90 valence electrons. The van der Waals surface area contributed by atoms with Crippen molar-refractivity contribution in [3.05, 3.63) is 52.6 Å². The largest absolute Gasteiger partial charge is 0.383 e. The number of aliphatic hydroxyl groups is 1. The maximum atomic E-state index is 10.4. The molecule has 0 bridgehead atoms. The lowest BCUT2D eigenvalue weighted by atomic mass is 10.1. The third-order valence-corrected chi connectivity index (χ3v) is 5.80. The van der Waals surface area contributed by atoms with E-state index in [-0.39, 0.29) is 0 Å². The van der Waals surface area contributed by atoms with Gasteiger partial charge in [0, 0.05) is 28.4 Å². The fraction of sp³-hybridized carbons (Fsp3) is 0.167. The van der Waals surface area contributed by atoms with E-state index in [2.05, 4.69) is 38.5 Å². The molecule has 17 heavy (non-hydrogen) atoms. The van der Waals surface area contributed by atoms with Crippen LogP contribution in [-0.4, -0.2) is 5.11 Å². The van der Waals surface area contributed by atoms with E-state index in [9.17, 15) is 5.11 Å². The first-order chi connectivity index (χ1) is 7.99. The monoisotopic (exact) mass is 442 g/mol. The Morgan fingerprint density at radius 2 is 2.12 bits per heavy atom. The molecule has 0 saturated heterocycles. The second-order valence-corrected chi connectivity index (χ2v) is 7.36. The Morgan fingerprint density at radius 1 is 1.41 bits per heavy atom. The van der Waals surface area contributed by atoms with Gasteiger partial charge in [0.05, 0.1) is 0 Å². The molecule has 0 saturated carbocycles. The maximum Gasteiger partial charge on any atom is 0.114 e. The first-order valence-electron chi connectivity index (χ1n) is 4.88. The highest BCUT2D eigenvalue weighted by Crippen LogP contribution is 2.35. The lowest BCUT2D eigenvalue weighted by Crippen LogP contribution is -1.99. The first kappa shape index (κ1) is 13.8. The van der Waals surface area contributed by atoms with Gasteiger partial charge in [0.15, 0.2) is 0 Å². The standard InChI is InChI=1S/C12H9BrClIOS/c1-6-9(13)5-11(17-6)12(16)8-4-7(14)2-3-10(8)15/h2-5,12,16H,1H3. The molecule has 0 radical (unpaired) electrons. The minimum atomic E-state index is -0.615. The third kappa shape index (κ3) is 3.04. The van der Waals surface area contributed by atoms with E-state index in [4.69, 9.17) is 11.6 Å². The summed E-state index contributed by atoms with van der Waals surface area (Å²) in [4.78, 5) is 2.09. The number of rotatable bonds is 2. The predicted molar refractivity (Wildman–Crippen MR) is 85.0 cm³/mol. The second-order valence-electron chi connectivity index (χ2n) is 3.62. The van der Waals surface area contributed by atoms with Gasteiger partial charge in [-0.3, -0.25) is 0 Å². The highest BCUT2D eigenvalue weighted by molar-refractivity contribution is 14.1. The zero-order valence-electron chi connectivity index (χ0n) is 8.88. The number of aryl methyl sites for hydroxylation is 1. The summed E-state index contributed by atoms with van der Waals surface area (Å²) in [5.41, 5.74) is 0.854. The second kappa shape index (κ2) is 5.57. The molecule has 2 rings (SSSR count). The fourth-order valence-corrected chi connectivity index (χ4v) is 3.87. The van der Waals surface area contributed by atoms with E-state index >= 15 is 0 Å². The van der Waals surface area contributed by atoms with Crippen LogP contribution in [-0.2, 0) is 0 Å². The number of hydrogen-bond donors (Lipinski definition) is 1. The Hall–Kier alpha value is 0.380. The summed E-state index contributed by atoms with van der Waals surface area (Å²) in [7, 11) is 0. The van der Waals surface area contributed by atoms with Crippen molar-refractivity contribution in [3.8, 4) is 0 Å². The van der Waals surface area contributed by atoms with Crippen LogP contribution >= 0.6 is 61.5 Å². The van der Waals surface area contributed by atoms with E-state index in [1.165, 1.54) is 0 Å². The van der Waals surface area contributed by atoms with Gasteiger partial charge in [0.2, 0.25) is 0 Å². The summed E-state index contributed by atoms with van der Waals surface area (Å²) in [6.07, 6.45) is -0.615. The Kier molecular flexibility index (Phi) is 4.52. The molecule has 1 nitrogen and oxygen atoms in total. The number of halogens is 3. The molecule has 1 unspecified atom stereocenters. The van der Waals surface area contributed by atoms with Crippen molar-refractivity contribution in [2.24, 2.45) is 0 Å². The van der Waals surface area contributed by atoms with E-state index in [1.54, 1.807) is 11.3 Å². The molecule has 1 heterocycles. The highest BCUT2D eigenvalue weighted by atomic mass is 127. The molecule has 1 aromatic carbocycles. The summed E-state index contributed by atoms with van der Waals surface area (Å²) in [6.45, 7) is 2.02. The lowest BCUT2D eigenvalue weighted by molar-refractivity contribution is 0.223. The molecule has 0 aliphatic carbocycles. The van der Waals surface area contributed by atoms with Crippen LogP contribution in [0.15, 0.2) is 28.7 Å². The van der Waals surface area contributed by atoms with Gasteiger partial charge in [-0.15, -0.1) is 11.3 Å². The van der Waals surface area contributed by atoms with E-state index in [0.29, 0.717) is 5.02 Å². The summed E-state index contributed by atoms with van der Waals surface area (Å²) in [5, 5.41) is 11.0. The van der Waals surface area contributed by atoms with Crippen LogP contribution in [0.5, 0.6) is 0 Å². The van der Waals surface area contributed by atoms with Crippen molar-refractivity contribution in [1.82, 2.24) is 0 Å². The quantitative estimate of drug-likeness (QED) is 0.636. The Bertz CT molecular complexity index is 536. The average molecular weight is 444 g/mol. The van der Waals surface area contributed by atoms with Crippen molar-refractivity contribution in [3.63, 3.8) is 0 Å². The van der Waals surface area contributed by atoms with Crippen LogP contribution in [0.4, 0.5) is 0 Å². The molecule has 0 fully saturated rings. The zero-order chi connectivity index (χ0) is 12.6. The van der Waals surface area contributed by atoms with Crippen LogP contribution in [0.25, 0.3) is 0 Å². The molecular weight excluding hydrogens is 434 g/mol. The fourth-order valence-electron chi connectivity index (χ4n) is 1.49. The van der Waals surface area contributed by atoms with Crippen molar-refractivity contribution in [2.45, 2.75) is 13.0 Å². The normalized spacial score (nSPS) is 12.8. The van der Waals surface area contributed by atoms with E-state index in [1.807, 2.05) is 31.2 Å². The summed E-state index contributed by atoms with van der Waals surface area (Å²) in [6, 6.07) is 7.52. The van der Waals surface area contributed by atoms with Gasteiger partial charge >= 0.3 is 0 Å². The van der Waals surface area contributed by atoms with Gasteiger partial charge in [0.25, 0.3) is 0 Å². The van der Waals surface area contributed by atoms with Crippen molar-refractivity contribution >= 4 is 61.5 Å². The molecule has 1 atom stereocenters. The average Bonchev–Trinajstić information content (AvgIpc) is 2.62. The van der Waals surface area contributed by atoms with Gasteiger partial charge in [-0.2, -0.15) is 0 Å². The minimum Gasteiger partial charge on any atom is -0.383 e. The molecule has 1 N–H and O–H groups in total. The molecule has 0 aliphatic rings. The predicted octanol–water partition coefficient (Wildman–Crippen LogP) is 5.16. The molecule has 5 heteroatoms. The van der Waals surface area contributed by atoms with Gasteiger partial charge in [-0.25, -0.2) is 0 Å². The Morgan fingerprint density at radius 3 is 2.71 bits per heavy atom. The first-order valence-corrected chi connectivity index (χ1v) is 7.94. The smallest absolute Gasteiger partial charge is 0.114 e. The zero-order valence-corrected chi connectivity index (χ0v) is 14.2. The van der Waals surface area contributed by atoms with Gasteiger partial charge < -0.3 is 5.11 Å². The lowest BCUT2D eigenvalue weighted by Gasteiger charge is -2.11. The number of benzene rings is 1. The summed E-state index contributed by atoms with van der Waals surface area (Å²) in [5.74, 6) is 0. The highest BCUT2D eigenvalue weighted by Gasteiger charge is 2.17. The number of thiophene rings is 1. The van der Waals surface area contributed by atoms with Crippen LogP contribution < -0.4 is 0 Å². The van der Waals surface area contributed by atoms with Crippen LogP contribution in [0.1, 0.15) is 21.4 Å². The van der Waals surface area contributed by atoms with Gasteiger partial charge in [-0.1, -0.05) is 11.6 Å². The van der Waals surface area contributed by atoms with Crippen LogP contribution in [0.2, 0.25) is 5.02 Å². The molecule has 1 aromatic heterocycles. The topological polar surface area (TPSA) is 20.2 Å². The van der Waals surface area contributed by atoms with Crippen molar-refractivity contribution < 1.29 is 5.11 Å².